The highest BCUT2D eigenvalue weighted by Crippen LogP contribution is 2.23. The number of hydrogen-bond acceptors (Lipinski definition) is 4. The molecule has 0 saturated carbocycles. The van der Waals surface area contributed by atoms with Crippen LogP contribution in [-0.2, 0) is 13.1 Å². The van der Waals surface area contributed by atoms with Crippen LogP contribution in [0.25, 0.3) is 0 Å². The molecule has 0 radical (unpaired) electrons. The second-order valence-electron chi connectivity index (χ2n) is 6.98. The van der Waals surface area contributed by atoms with Gasteiger partial charge >= 0.3 is 0 Å². The molecule has 7 nitrogen and oxygen atoms in total. The fourth-order valence-corrected chi connectivity index (χ4v) is 3.42. The first-order valence-corrected chi connectivity index (χ1v) is 10.0. The topological polar surface area (TPSA) is 77.9 Å². The van der Waals surface area contributed by atoms with Crippen molar-refractivity contribution in [1.82, 2.24) is 19.6 Å². The smallest absolute Gasteiger partial charge is 0.291 e. The van der Waals surface area contributed by atoms with Gasteiger partial charge in [0, 0.05) is 11.9 Å². The number of halogens is 2. The summed E-state index contributed by atoms with van der Waals surface area (Å²) in [6, 6.07) is 10.8. The molecular formula is C21H19Cl2N5O2. The van der Waals surface area contributed by atoms with Gasteiger partial charge in [-0.25, -0.2) is 0 Å². The van der Waals surface area contributed by atoms with Crippen LogP contribution < -0.4 is 5.32 Å². The summed E-state index contributed by atoms with van der Waals surface area (Å²) in [5.74, 6) is 0.536. The van der Waals surface area contributed by atoms with E-state index in [0.717, 1.165) is 17.0 Å². The van der Waals surface area contributed by atoms with Crippen molar-refractivity contribution in [2.45, 2.75) is 26.9 Å². The van der Waals surface area contributed by atoms with Gasteiger partial charge in [-0.05, 0) is 49.7 Å². The van der Waals surface area contributed by atoms with Crippen molar-refractivity contribution in [3.8, 4) is 0 Å². The largest absolute Gasteiger partial charge is 0.454 e. The fourth-order valence-electron chi connectivity index (χ4n) is 3.10. The molecule has 30 heavy (non-hydrogen) atoms. The van der Waals surface area contributed by atoms with Crippen LogP contribution in [0.2, 0.25) is 10.0 Å². The Morgan fingerprint density at radius 2 is 1.93 bits per heavy atom. The van der Waals surface area contributed by atoms with Crippen molar-refractivity contribution in [3.05, 3.63) is 87.3 Å². The average molecular weight is 444 g/mol. The van der Waals surface area contributed by atoms with E-state index in [9.17, 15) is 4.79 Å². The number of benzene rings is 1. The Bertz CT molecular complexity index is 1210. The molecule has 3 heterocycles. The lowest BCUT2D eigenvalue weighted by Gasteiger charge is -2.04. The van der Waals surface area contributed by atoms with Gasteiger partial charge in [0.1, 0.15) is 5.76 Å². The number of amides is 1. The van der Waals surface area contributed by atoms with Crippen LogP contribution in [0.1, 0.15) is 33.3 Å². The lowest BCUT2D eigenvalue weighted by Crippen LogP contribution is -2.10. The highest BCUT2D eigenvalue weighted by molar-refractivity contribution is 6.42. The van der Waals surface area contributed by atoms with E-state index in [1.54, 1.807) is 41.3 Å². The molecule has 9 heteroatoms. The van der Waals surface area contributed by atoms with Gasteiger partial charge in [-0.15, -0.1) is 0 Å². The van der Waals surface area contributed by atoms with Gasteiger partial charge < -0.3 is 9.73 Å². The van der Waals surface area contributed by atoms with Crippen molar-refractivity contribution >= 4 is 34.8 Å². The third-order valence-electron chi connectivity index (χ3n) is 4.51. The molecule has 1 amide bonds. The first-order valence-electron chi connectivity index (χ1n) is 9.25. The van der Waals surface area contributed by atoms with Crippen LogP contribution >= 0.6 is 23.2 Å². The third-order valence-corrected chi connectivity index (χ3v) is 5.25. The number of nitrogens with zero attached hydrogens (tertiary/aromatic N) is 4. The highest BCUT2D eigenvalue weighted by atomic mass is 35.5. The second-order valence-corrected chi connectivity index (χ2v) is 7.79. The minimum absolute atomic E-state index is 0.226. The normalized spacial score (nSPS) is 11.1. The fraction of sp³-hybridized carbons (Fsp3) is 0.190. The maximum atomic E-state index is 12.5. The zero-order chi connectivity index (χ0) is 21.3. The molecule has 0 saturated heterocycles. The van der Waals surface area contributed by atoms with Crippen LogP contribution in [0.15, 0.2) is 53.2 Å². The molecule has 0 aliphatic rings. The van der Waals surface area contributed by atoms with Crippen LogP contribution in [0.4, 0.5) is 5.69 Å². The molecule has 0 atom stereocenters. The van der Waals surface area contributed by atoms with Crippen molar-refractivity contribution < 1.29 is 9.21 Å². The summed E-state index contributed by atoms with van der Waals surface area (Å²) in [5.41, 5.74) is 3.49. The van der Waals surface area contributed by atoms with E-state index in [1.165, 1.54) is 0 Å². The minimum atomic E-state index is -0.344. The van der Waals surface area contributed by atoms with E-state index in [-0.39, 0.29) is 11.7 Å². The van der Waals surface area contributed by atoms with Crippen LogP contribution in [0, 0.1) is 13.8 Å². The van der Waals surface area contributed by atoms with Crippen molar-refractivity contribution in [2.75, 3.05) is 5.32 Å². The summed E-state index contributed by atoms with van der Waals surface area (Å²) in [6.45, 7) is 4.88. The Morgan fingerprint density at radius 1 is 1.10 bits per heavy atom. The van der Waals surface area contributed by atoms with E-state index in [2.05, 4.69) is 15.5 Å². The van der Waals surface area contributed by atoms with Crippen molar-refractivity contribution in [2.24, 2.45) is 0 Å². The van der Waals surface area contributed by atoms with E-state index in [0.29, 0.717) is 34.6 Å². The number of anilines is 1. The van der Waals surface area contributed by atoms with Crippen LogP contribution in [0.5, 0.6) is 0 Å². The Balaban J connectivity index is 1.39. The predicted molar refractivity (Wildman–Crippen MR) is 115 cm³/mol. The van der Waals surface area contributed by atoms with Gasteiger partial charge in [0.15, 0.2) is 5.76 Å². The SMILES string of the molecule is Cc1cc(C)n(Cc2ccc(C(=O)Nc3cnn(Cc4ccc(Cl)c(Cl)c4)c3)o2)n1. The van der Waals surface area contributed by atoms with E-state index >= 15 is 0 Å². The molecule has 0 aliphatic carbocycles. The number of furan rings is 1. The van der Waals surface area contributed by atoms with Gasteiger partial charge in [-0.1, -0.05) is 29.3 Å². The summed E-state index contributed by atoms with van der Waals surface area (Å²) in [4.78, 5) is 12.5. The molecule has 1 aromatic carbocycles. The summed E-state index contributed by atoms with van der Waals surface area (Å²) in [7, 11) is 0. The van der Waals surface area contributed by atoms with E-state index in [1.807, 2.05) is 30.7 Å². The maximum absolute atomic E-state index is 12.5. The molecule has 0 aliphatic heterocycles. The Morgan fingerprint density at radius 3 is 2.67 bits per heavy atom. The summed E-state index contributed by atoms with van der Waals surface area (Å²) >= 11 is 12.0. The predicted octanol–water partition coefficient (Wildman–Crippen LogP) is 4.95. The quantitative estimate of drug-likeness (QED) is 0.457. The Kier molecular flexibility index (Phi) is 5.65. The van der Waals surface area contributed by atoms with Gasteiger partial charge in [-0.2, -0.15) is 10.2 Å². The Hall–Kier alpha value is -3.03. The van der Waals surface area contributed by atoms with E-state index < -0.39 is 0 Å². The number of nitrogens with one attached hydrogen (secondary N) is 1. The number of aryl methyl sites for hydroxylation is 2. The van der Waals surface area contributed by atoms with Crippen molar-refractivity contribution in [3.63, 3.8) is 0 Å². The lowest BCUT2D eigenvalue weighted by atomic mass is 10.2. The first kappa shape index (κ1) is 20.3. The Labute approximate surface area is 183 Å². The van der Waals surface area contributed by atoms with E-state index in [4.69, 9.17) is 27.6 Å². The lowest BCUT2D eigenvalue weighted by molar-refractivity contribution is 0.0994. The van der Waals surface area contributed by atoms with Gasteiger partial charge in [0.25, 0.3) is 5.91 Å². The van der Waals surface area contributed by atoms with Crippen LogP contribution in [0.3, 0.4) is 0 Å². The number of carbonyl (C=O) groups excluding carboxylic acids is 1. The number of rotatable bonds is 6. The minimum Gasteiger partial charge on any atom is -0.454 e. The molecule has 4 aromatic rings. The number of hydrogen-bond donors (Lipinski definition) is 1. The average Bonchev–Trinajstić information content (AvgIpc) is 3.40. The third kappa shape index (κ3) is 4.58. The maximum Gasteiger partial charge on any atom is 0.291 e. The zero-order valence-corrected chi connectivity index (χ0v) is 17.9. The zero-order valence-electron chi connectivity index (χ0n) is 16.4. The highest BCUT2D eigenvalue weighted by Gasteiger charge is 2.14. The number of carbonyl (C=O) groups is 1. The standard InChI is InChI=1S/C21H19Cl2N5O2/c1-13-7-14(2)28(26-13)12-17-4-6-20(30-17)21(29)25-16-9-24-27(11-16)10-15-3-5-18(22)19(23)8-15/h3-9,11H,10,12H2,1-2H3,(H,25,29). The summed E-state index contributed by atoms with van der Waals surface area (Å²) in [5, 5.41) is 12.5. The van der Waals surface area contributed by atoms with Gasteiger partial charge in [0.05, 0.1) is 40.7 Å². The molecule has 4 rings (SSSR count). The molecule has 3 aromatic heterocycles. The van der Waals surface area contributed by atoms with Gasteiger partial charge in [-0.3, -0.25) is 14.2 Å². The first-order chi connectivity index (χ1) is 14.4. The molecule has 0 unspecified atom stereocenters. The van der Waals surface area contributed by atoms with Crippen LogP contribution in [-0.4, -0.2) is 25.5 Å². The number of aromatic nitrogens is 4. The van der Waals surface area contributed by atoms with Crippen molar-refractivity contribution in [1.29, 1.82) is 0 Å². The molecule has 0 fully saturated rings. The molecular weight excluding hydrogens is 425 g/mol. The molecule has 154 valence electrons. The molecule has 0 bridgehead atoms. The molecule has 0 spiro atoms. The second kappa shape index (κ2) is 8.38. The summed E-state index contributed by atoms with van der Waals surface area (Å²) < 4.78 is 9.22. The monoisotopic (exact) mass is 443 g/mol. The summed E-state index contributed by atoms with van der Waals surface area (Å²) in [6.07, 6.45) is 3.31. The molecule has 1 N–H and O–H groups in total. The van der Waals surface area contributed by atoms with Gasteiger partial charge in [0.2, 0.25) is 0 Å².